The van der Waals surface area contributed by atoms with E-state index >= 15 is 0 Å². The zero-order valence-corrected chi connectivity index (χ0v) is 13.0. The Morgan fingerprint density at radius 3 is 1.86 bits per heavy atom. The number of aromatic nitrogens is 2. The van der Waals surface area contributed by atoms with E-state index in [0.29, 0.717) is 13.0 Å². The molecular weight excluding hydrogens is 287 g/mol. The summed E-state index contributed by atoms with van der Waals surface area (Å²) in [4.78, 5) is 17.7. The van der Waals surface area contributed by atoms with Crippen LogP contribution in [-0.2, 0) is 17.7 Å². The minimum Gasteiger partial charge on any atom is -0.324 e. The fourth-order valence-electron chi connectivity index (χ4n) is 2.12. The molecule has 2 rings (SSSR count). The van der Waals surface area contributed by atoms with Crippen molar-refractivity contribution in [1.82, 2.24) is 0 Å². The lowest BCUT2D eigenvalue weighted by Gasteiger charge is -2.02. The molecule has 2 aromatic rings. The average Bonchev–Trinajstić information content (AvgIpc) is 2.47. The van der Waals surface area contributed by atoms with Gasteiger partial charge in [0.2, 0.25) is 0 Å². The van der Waals surface area contributed by atoms with E-state index in [0.717, 1.165) is 17.7 Å². The van der Waals surface area contributed by atoms with Gasteiger partial charge in [0.1, 0.15) is 13.1 Å². The van der Waals surface area contributed by atoms with E-state index in [9.17, 15) is 4.57 Å². The summed E-state index contributed by atoms with van der Waals surface area (Å²) in [5, 5.41) is 0. The van der Waals surface area contributed by atoms with Crippen LogP contribution in [0.2, 0.25) is 0 Å². The molecule has 0 aliphatic rings. The SMILES string of the molecule is CC[n+]1ccc(-c2cc[n+](CCCP(=O)(O)O)cc2)cc1. The summed E-state index contributed by atoms with van der Waals surface area (Å²) in [5.74, 6) is 0. The maximum absolute atomic E-state index is 10.8. The van der Waals surface area contributed by atoms with Gasteiger partial charge in [-0.3, -0.25) is 4.57 Å². The van der Waals surface area contributed by atoms with Crippen molar-refractivity contribution in [3.63, 3.8) is 0 Å². The lowest BCUT2D eigenvalue weighted by atomic mass is 10.1. The predicted molar refractivity (Wildman–Crippen MR) is 79.5 cm³/mol. The Hall–Kier alpha value is -1.55. The quantitative estimate of drug-likeness (QED) is 0.628. The van der Waals surface area contributed by atoms with E-state index in [1.165, 1.54) is 0 Å². The van der Waals surface area contributed by atoms with Gasteiger partial charge in [-0.1, -0.05) is 0 Å². The molecule has 2 N–H and O–H groups in total. The maximum atomic E-state index is 10.8. The fraction of sp³-hybridized carbons (Fsp3) is 0.333. The molecule has 0 aliphatic heterocycles. The van der Waals surface area contributed by atoms with Crippen LogP contribution in [0.25, 0.3) is 11.1 Å². The van der Waals surface area contributed by atoms with Crippen LogP contribution in [0.1, 0.15) is 13.3 Å². The van der Waals surface area contributed by atoms with E-state index in [-0.39, 0.29) is 6.16 Å². The van der Waals surface area contributed by atoms with Crippen LogP contribution in [0.15, 0.2) is 49.1 Å². The van der Waals surface area contributed by atoms with Crippen LogP contribution in [-0.4, -0.2) is 15.9 Å². The van der Waals surface area contributed by atoms with Gasteiger partial charge in [-0.05, 0) is 18.1 Å². The Balaban J connectivity index is 1.99. The van der Waals surface area contributed by atoms with Crippen molar-refractivity contribution >= 4 is 7.60 Å². The highest BCUT2D eigenvalue weighted by Gasteiger charge is 2.13. The summed E-state index contributed by atoms with van der Waals surface area (Å²) in [5.41, 5.74) is 2.28. The van der Waals surface area contributed by atoms with Gasteiger partial charge in [0, 0.05) is 30.7 Å². The number of pyridine rings is 2. The number of nitrogens with zero attached hydrogens (tertiary/aromatic N) is 2. The molecule has 0 spiro atoms. The molecule has 112 valence electrons. The Labute approximate surface area is 124 Å². The molecule has 0 aliphatic carbocycles. The summed E-state index contributed by atoms with van der Waals surface area (Å²) < 4.78 is 14.8. The third kappa shape index (κ3) is 5.05. The normalized spacial score (nSPS) is 11.6. The molecule has 0 amide bonds. The second-order valence-corrected chi connectivity index (χ2v) is 6.76. The van der Waals surface area contributed by atoms with Crippen LogP contribution in [0.4, 0.5) is 0 Å². The summed E-state index contributed by atoms with van der Waals surface area (Å²) >= 11 is 0. The number of hydrogen-bond donors (Lipinski definition) is 2. The van der Waals surface area contributed by atoms with Crippen molar-refractivity contribution in [3.05, 3.63) is 49.1 Å². The molecule has 0 aromatic carbocycles. The molecule has 0 unspecified atom stereocenters. The van der Waals surface area contributed by atoms with Gasteiger partial charge in [0.25, 0.3) is 0 Å². The summed E-state index contributed by atoms with van der Waals surface area (Å²) in [7, 11) is -3.88. The number of aryl methyl sites for hydroxylation is 2. The van der Waals surface area contributed by atoms with Gasteiger partial charge < -0.3 is 9.79 Å². The molecule has 0 saturated heterocycles. The van der Waals surface area contributed by atoms with Gasteiger partial charge in [0.15, 0.2) is 24.8 Å². The van der Waals surface area contributed by atoms with Crippen molar-refractivity contribution in [2.75, 3.05) is 6.16 Å². The largest absolute Gasteiger partial charge is 0.325 e. The molecular formula is C15H21N2O3P+2. The van der Waals surface area contributed by atoms with E-state index in [4.69, 9.17) is 9.79 Å². The lowest BCUT2D eigenvalue weighted by molar-refractivity contribution is -0.696. The molecule has 2 aromatic heterocycles. The molecule has 21 heavy (non-hydrogen) atoms. The maximum Gasteiger partial charge on any atom is 0.325 e. The first kappa shape index (κ1) is 15.8. The van der Waals surface area contributed by atoms with E-state index in [1.807, 2.05) is 29.1 Å². The molecule has 0 bridgehead atoms. The Kier molecular flexibility index (Phi) is 5.23. The van der Waals surface area contributed by atoms with Crippen LogP contribution in [0.5, 0.6) is 0 Å². The molecule has 5 nitrogen and oxygen atoms in total. The topological polar surface area (TPSA) is 65.3 Å². The lowest BCUT2D eigenvalue weighted by Crippen LogP contribution is -2.33. The van der Waals surface area contributed by atoms with E-state index < -0.39 is 7.60 Å². The number of hydrogen-bond acceptors (Lipinski definition) is 1. The molecule has 0 fully saturated rings. The second-order valence-electron chi connectivity index (χ2n) is 4.98. The van der Waals surface area contributed by atoms with Crippen molar-refractivity contribution < 1.29 is 23.5 Å². The van der Waals surface area contributed by atoms with E-state index in [1.54, 1.807) is 0 Å². The van der Waals surface area contributed by atoms with Crippen molar-refractivity contribution in [2.45, 2.75) is 26.4 Å². The Bertz CT molecular complexity index is 620. The first-order valence-corrected chi connectivity index (χ1v) is 8.81. The Morgan fingerprint density at radius 2 is 1.43 bits per heavy atom. The highest BCUT2D eigenvalue weighted by Crippen LogP contribution is 2.34. The zero-order valence-electron chi connectivity index (χ0n) is 12.1. The highest BCUT2D eigenvalue weighted by molar-refractivity contribution is 7.51. The van der Waals surface area contributed by atoms with Gasteiger partial charge in [0.05, 0.1) is 6.16 Å². The molecule has 0 saturated carbocycles. The first-order valence-electron chi connectivity index (χ1n) is 7.01. The molecule has 0 atom stereocenters. The summed E-state index contributed by atoms with van der Waals surface area (Å²) in [6.45, 7) is 3.66. The highest BCUT2D eigenvalue weighted by atomic mass is 31.2. The van der Waals surface area contributed by atoms with Crippen LogP contribution >= 0.6 is 7.60 Å². The van der Waals surface area contributed by atoms with Gasteiger partial charge in [-0.2, -0.15) is 0 Å². The molecule has 2 heterocycles. The molecule has 6 heteroatoms. The zero-order chi connectivity index (χ0) is 15.3. The monoisotopic (exact) mass is 308 g/mol. The third-order valence-electron chi connectivity index (χ3n) is 3.35. The minimum absolute atomic E-state index is 0.0720. The van der Waals surface area contributed by atoms with Crippen LogP contribution in [0, 0.1) is 0 Å². The van der Waals surface area contributed by atoms with Crippen LogP contribution in [0.3, 0.4) is 0 Å². The second kappa shape index (κ2) is 6.94. The van der Waals surface area contributed by atoms with Crippen molar-refractivity contribution in [1.29, 1.82) is 0 Å². The average molecular weight is 308 g/mol. The summed E-state index contributed by atoms with van der Waals surface area (Å²) in [6, 6.07) is 8.19. The smallest absolute Gasteiger partial charge is 0.324 e. The first-order chi connectivity index (χ1) is 9.98. The van der Waals surface area contributed by atoms with E-state index in [2.05, 4.69) is 36.0 Å². The standard InChI is InChI=1S/C15H19N2O3P/c1-2-16-9-4-14(5-10-16)15-6-11-17(12-7-15)8-3-13-21(18,19)20/h4-7,9-12H,2-3,8,13H2,1H3/p+2. The van der Waals surface area contributed by atoms with Gasteiger partial charge in [-0.25, -0.2) is 9.13 Å². The molecule has 0 radical (unpaired) electrons. The summed E-state index contributed by atoms with van der Waals surface area (Å²) in [6.07, 6.45) is 8.38. The third-order valence-corrected chi connectivity index (χ3v) is 4.25. The van der Waals surface area contributed by atoms with Gasteiger partial charge >= 0.3 is 7.60 Å². The Morgan fingerprint density at radius 1 is 0.952 bits per heavy atom. The van der Waals surface area contributed by atoms with Crippen LogP contribution < -0.4 is 9.13 Å². The van der Waals surface area contributed by atoms with Crippen molar-refractivity contribution in [2.24, 2.45) is 0 Å². The van der Waals surface area contributed by atoms with Crippen molar-refractivity contribution in [3.8, 4) is 11.1 Å². The van der Waals surface area contributed by atoms with Gasteiger partial charge in [-0.15, -0.1) is 0 Å². The minimum atomic E-state index is -3.88. The number of rotatable bonds is 6. The predicted octanol–water partition coefficient (Wildman–Crippen LogP) is 1.52. The fourth-order valence-corrected chi connectivity index (χ4v) is 2.67.